The number of benzene rings is 1. The van der Waals surface area contributed by atoms with Crippen LogP contribution in [0.4, 0.5) is 4.39 Å². The number of carbonyl (C=O) groups excluding carboxylic acids is 1. The average Bonchev–Trinajstić information content (AvgIpc) is 2.79. The molecule has 7 nitrogen and oxygen atoms in total. The van der Waals surface area contributed by atoms with Gasteiger partial charge in [-0.25, -0.2) is 9.38 Å². The van der Waals surface area contributed by atoms with Gasteiger partial charge in [-0.2, -0.15) is 0 Å². The predicted octanol–water partition coefficient (Wildman–Crippen LogP) is 3.33. The first-order valence-corrected chi connectivity index (χ1v) is 10.7. The molecule has 1 aliphatic heterocycles. The molecule has 1 aromatic carbocycles. The highest BCUT2D eigenvalue weighted by Crippen LogP contribution is 2.25. The van der Waals surface area contributed by atoms with E-state index >= 15 is 0 Å². The molecule has 166 valence electrons. The van der Waals surface area contributed by atoms with Crippen molar-refractivity contribution in [3.8, 4) is 11.5 Å². The molecule has 31 heavy (non-hydrogen) atoms. The number of halogens is 1. The number of ether oxygens (including phenoxy) is 1. The maximum Gasteiger partial charge on any atom is 0.220 e. The number of nitrogens with zero attached hydrogens (tertiary/aromatic N) is 3. The molecule has 2 heterocycles. The number of hydrogen-bond acceptors (Lipinski definition) is 4. The summed E-state index contributed by atoms with van der Waals surface area (Å²) < 4.78 is 20.0. The number of guanidine groups is 1. The molecule has 0 unspecified atom stereocenters. The maximum atomic E-state index is 14.5. The summed E-state index contributed by atoms with van der Waals surface area (Å²) in [7, 11) is 1.67. The largest absolute Gasteiger partial charge is 0.453 e. The first kappa shape index (κ1) is 22.5. The average molecular weight is 428 g/mol. The molecule has 0 bridgehead atoms. The number of aromatic nitrogens is 1. The summed E-state index contributed by atoms with van der Waals surface area (Å²) in [6.45, 7) is 4.84. The smallest absolute Gasteiger partial charge is 0.220 e. The fraction of sp³-hybridized carbons (Fsp3) is 0.435. The lowest BCUT2D eigenvalue weighted by molar-refractivity contribution is -0.121. The van der Waals surface area contributed by atoms with Crippen molar-refractivity contribution in [2.45, 2.75) is 32.7 Å². The minimum Gasteiger partial charge on any atom is -0.453 e. The van der Waals surface area contributed by atoms with E-state index in [1.165, 1.54) is 12.3 Å². The third-order valence-corrected chi connectivity index (χ3v) is 5.27. The minimum atomic E-state index is -0.434. The summed E-state index contributed by atoms with van der Waals surface area (Å²) in [5.74, 6) is 1.53. The van der Waals surface area contributed by atoms with E-state index in [4.69, 9.17) is 9.73 Å². The predicted molar refractivity (Wildman–Crippen MR) is 119 cm³/mol. The van der Waals surface area contributed by atoms with Crippen LogP contribution in [0.2, 0.25) is 0 Å². The minimum absolute atomic E-state index is 0.0944. The third-order valence-electron chi connectivity index (χ3n) is 5.27. The fourth-order valence-electron chi connectivity index (χ4n) is 3.57. The van der Waals surface area contributed by atoms with Crippen LogP contribution >= 0.6 is 0 Å². The number of amides is 1. The SMILES string of the molecule is CCNC(=NCc1ccc(Oc2cccnc2)c(F)c1)N1CCC(CC(=O)NC)CC1. The highest BCUT2D eigenvalue weighted by atomic mass is 19.1. The molecule has 2 N–H and O–H groups in total. The van der Waals surface area contributed by atoms with E-state index in [-0.39, 0.29) is 11.7 Å². The Bertz CT molecular complexity index is 883. The second-order valence-corrected chi connectivity index (χ2v) is 7.53. The molecule has 0 atom stereocenters. The van der Waals surface area contributed by atoms with Crippen LogP contribution in [0.25, 0.3) is 0 Å². The Morgan fingerprint density at radius 2 is 2.13 bits per heavy atom. The highest BCUT2D eigenvalue weighted by Gasteiger charge is 2.23. The summed E-state index contributed by atoms with van der Waals surface area (Å²) >= 11 is 0. The van der Waals surface area contributed by atoms with Crippen LogP contribution in [0, 0.1) is 11.7 Å². The Morgan fingerprint density at radius 3 is 2.77 bits per heavy atom. The molecule has 0 aliphatic carbocycles. The van der Waals surface area contributed by atoms with Gasteiger partial charge in [0.25, 0.3) is 0 Å². The van der Waals surface area contributed by atoms with Crippen LogP contribution in [-0.2, 0) is 11.3 Å². The van der Waals surface area contributed by atoms with Gasteiger partial charge in [0.05, 0.1) is 12.7 Å². The number of pyridine rings is 1. The molecule has 1 fully saturated rings. The fourth-order valence-corrected chi connectivity index (χ4v) is 3.57. The van der Waals surface area contributed by atoms with Crippen molar-refractivity contribution in [2.24, 2.45) is 10.9 Å². The normalized spacial score (nSPS) is 14.9. The molecule has 0 spiro atoms. The number of carbonyl (C=O) groups is 1. The van der Waals surface area contributed by atoms with Crippen molar-refractivity contribution in [3.05, 3.63) is 54.1 Å². The Morgan fingerprint density at radius 1 is 1.32 bits per heavy atom. The Hall–Kier alpha value is -3.16. The first-order valence-electron chi connectivity index (χ1n) is 10.7. The van der Waals surface area contributed by atoms with Gasteiger partial charge < -0.3 is 20.3 Å². The van der Waals surface area contributed by atoms with Gasteiger partial charge in [0, 0.05) is 39.3 Å². The van der Waals surface area contributed by atoms with Crippen LogP contribution in [0.3, 0.4) is 0 Å². The summed E-state index contributed by atoms with van der Waals surface area (Å²) in [5, 5.41) is 6.01. The van der Waals surface area contributed by atoms with E-state index in [9.17, 15) is 9.18 Å². The molecule has 2 aromatic rings. The summed E-state index contributed by atoms with van der Waals surface area (Å²) in [6.07, 6.45) is 5.65. The second kappa shape index (κ2) is 11.3. The molecular formula is C23H30FN5O2. The Labute approximate surface area is 182 Å². The number of rotatable bonds is 7. The van der Waals surface area contributed by atoms with Crippen molar-refractivity contribution in [3.63, 3.8) is 0 Å². The van der Waals surface area contributed by atoms with E-state index in [0.717, 1.165) is 44.0 Å². The van der Waals surface area contributed by atoms with Crippen molar-refractivity contribution in [2.75, 3.05) is 26.7 Å². The van der Waals surface area contributed by atoms with Crippen LogP contribution in [0.1, 0.15) is 31.7 Å². The van der Waals surface area contributed by atoms with Gasteiger partial charge >= 0.3 is 0 Å². The molecule has 1 aliphatic rings. The monoisotopic (exact) mass is 427 g/mol. The highest BCUT2D eigenvalue weighted by molar-refractivity contribution is 5.80. The number of hydrogen-bond donors (Lipinski definition) is 2. The van der Waals surface area contributed by atoms with Gasteiger partial charge in [-0.3, -0.25) is 9.78 Å². The van der Waals surface area contributed by atoms with Crippen LogP contribution < -0.4 is 15.4 Å². The molecule has 0 radical (unpaired) electrons. The molecule has 1 saturated heterocycles. The number of aliphatic imine (C=N–C) groups is 1. The van der Waals surface area contributed by atoms with E-state index in [0.29, 0.717) is 24.6 Å². The standard InChI is InChI=1S/C23H30FN5O2/c1-3-27-23(29-11-8-17(9-12-29)14-22(30)25-2)28-15-18-6-7-21(20(24)13-18)31-19-5-4-10-26-16-19/h4-7,10,13,16-17H,3,8-9,11-12,14-15H2,1-2H3,(H,25,30)(H,27,28). The topological polar surface area (TPSA) is 78.9 Å². The molecule has 8 heteroatoms. The molecule has 0 saturated carbocycles. The van der Waals surface area contributed by atoms with Crippen molar-refractivity contribution < 1.29 is 13.9 Å². The first-order chi connectivity index (χ1) is 15.1. The molecule has 1 aromatic heterocycles. The lowest BCUT2D eigenvalue weighted by atomic mass is 9.93. The van der Waals surface area contributed by atoms with Crippen molar-refractivity contribution in [1.29, 1.82) is 0 Å². The third kappa shape index (κ3) is 6.67. The zero-order chi connectivity index (χ0) is 22.1. The lowest BCUT2D eigenvalue weighted by Crippen LogP contribution is -2.46. The zero-order valence-electron chi connectivity index (χ0n) is 18.1. The summed E-state index contributed by atoms with van der Waals surface area (Å²) in [5.41, 5.74) is 0.765. The number of nitrogens with one attached hydrogen (secondary N) is 2. The van der Waals surface area contributed by atoms with Crippen molar-refractivity contribution in [1.82, 2.24) is 20.5 Å². The van der Waals surface area contributed by atoms with E-state index in [1.807, 2.05) is 13.0 Å². The number of piperidine rings is 1. The van der Waals surface area contributed by atoms with Gasteiger partial charge in [-0.15, -0.1) is 0 Å². The van der Waals surface area contributed by atoms with Gasteiger partial charge in [-0.1, -0.05) is 6.07 Å². The lowest BCUT2D eigenvalue weighted by Gasteiger charge is -2.34. The zero-order valence-corrected chi connectivity index (χ0v) is 18.1. The Kier molecular flexibility index (Phi) is 8.20. The van der Waals surface area contributed by atoms with E-state index in [2.05, 4.69) is 20.5 Å². The quantitative estimate of drug-likeness (QED) is 0.524. The van der Waals surface area contributed by atoms with Gasteiger partial charge in [0.15, 0.2) is 17.5 Å². The van der Waals surface area contributed by atoms with Gasteiger partial charge in [-0.05, 0) is 55.5 Å². The Balaban J connectivity index is 1.60. The number of likely N-dealkylation sites (tertiary alicyclic amines) is 1. The van der Waals surface area contributed by atoms with Crippen LogP contribution in [0.5, 0.6) is 11.5 Å². The maximum absolute atomic E-state index is 14.5. The van der Waals surface area contributed by atoms with E-state index in [1.54, 1.807) is 31.4 Å². The van der Waals surface area contributed by atoms with Crippen LogP contribution in [-0.4, -0.2) is 48.4 Å². The second-order valence-electron chi connectivity index (χ2n) is 7.53. The van der Waals surface area contributed by atoms with Crippen molar-refractivity contribution >= 4 is 11.9 Å². The van der Waals surface area contributed by atoms with E-state index < -0.39 is 5.82 Å². The molecule has 3 rings (SSSR count). The molecule has 1 amide bonds. The van der Waals surface area contributed by atoms with Crippen LogP contribution in [0.15, 0.2) is 47.7 Å². The van der Waals surface area contributed by atoms with Gasteiger partial charge in [0.2, 0.25) is 5.91 Å². The summed E-state index contributed by atoms with van der Waals surface area (Å²) in [6, 6.07) is 8.35. The molecular weight excluding hydrogens is 397 g/mol. The van der Waals surface area contributed by atoms with Gasteiger partial charge in [0.1, 0.15) is 5.75 Å². The summed E-state index contributed by atoms with van der Waals surface area (Å²) in [4.78, 5) is 22.5.